The Morgan fingerprint density at radius 2 is 2.00 bits per heavy atom. The molecule has 1 fully saturated rings. The fourth-order valence-corrected chi connectivity index (χ4v) is 2.12. The number of aromatic hydroxyl groups is 1. The van der Waals surface area contributed by atoms with Crippen LogP contribution in [0.3, 0.4) is 0 Å². The minimum absolute atomic E-state index is 0.270. The summed E-state index contributed by atoms with van der Waals surface area (Å²) < 4.78 is 0. The van der Waals surface area contributed by atoms with Crippen LogP contribution in [0, 0.1) is 10.1 Å². The minimum atomic E-state index is -0.624. The van der Waals surface area contributed by atoms with Crippen LogP contribution >= 0.6 is 11.6 Å². The summed E-state index contributed by atoms with van der Waals surface area (Å²) in [5.41, 5.74) is 0.117. The second-order valence-corrected chi connectivity index (χ2v) is 4.18. The summed E-state index contributed by atoms with van der Waals surface area (Å²) in [5.74, 6) is -0.295. The Morgan fingerprint density at radius 1 is 1.38 bits per heavy atom. The number of nitro benzene ring substituents is 1. The summed E-state index contributed by atoms with van der Waals surface area (Å²) in [5, 5.41) is 20.8. The number of phenols is 1. The number of nitro groups is 1. The number of anilines is 1. The van der Waals surface area contributed by atoms with Gasteiger partial charge >= 0.3 is 5.69 Å². The molecule has 0 spiro atoms. The molecule has 0 aromatic heterocycles. The first-order valence-electron chi connectivity index (χ1n) is 5.01. The van der Waals surface area contributed by atoms with Gasteiger partial charge in [0, 0.05) is 24.2 Å². The number of hydrogen-bond acceptors (Lipinski definition) is 4. The van der Waals surface area contributed by atoms with Crippen molar-refractivity contribution in [3.8, 4) is 5.75 Å². The van der Waals surface area contributed by atoms with Gasteiger partial charge in [0.15, 0.2) is 0 Å². The van der Waals surface area contributed by atoms with E-state index in [1.165, 1.54) is 0 Å². The van der Waals surface area contributed by atoms with Crippen molar-refractivity contribution in [1.82, 2.24) is 0 Å². The molecule has 0 aliphatic carbocycles. The molecule has 1 aromatic rings. The Balaban J connectivity index is 2.47. The molecule has 1 saturated heterocycles. The van der Waals surface area contributed by atoms with Gasteiger partial charge in [0.05, 0.1) is 10.6 Å². The zero-order chi connectivity index (χ0) is 11.7. The number of rotatable bonds is 2. The second-order valence-electron chi connectivity index (χ2n) is 3.74. The molecular formula is C10H11ClN2O3. The fourth-order valence-electron chi connectivity index (χ4n) is 1.91. The van der Waals surface area contributed by atoms with E-state index >= 15 is 0 Å². The molecular weight excluding hydrogens is 232 g/mol. The highest BCUT2D eigenvalue weighted by molar-refractivity contribution is 6.31. The molecule has 0 radical (unpaired) electrons. The minimum Gasteiger partial charge on any atom is -0.501 e. The summed E-state index contributed by atoms with van der Waals surface area (Å²) in [6.45, 7) is 1.59. The van der Waals surface area contributed by atoms with E-state index in [1.807, 2.05) is 4.90 Å². The topological polar surface area (TPSA) is 66.6 Å². The SMILES string of the molecule is O=[N+]([O-])c1cc(Cl)cc(N2CCCC2)c1O. The van der Waals surface area contributed by atoms with Crippen molar-refractivity contribution in [3.63, 3.8) is 0 Å². The molecule has 5 nitrogen and oxygen atoms in total. The molecule has 2 rings (SSSR count). The van der Waals surface area contributed by atoms with Gasteiger partial charge in [-0.05, 0) is 18.9 Å². The van der Waals surface area contributed by atoms with Crippen LogP contribution in [0.25, 0.3) is 0 Å². The Kier molecular flexibility index (Phi) is 2.87. The Bertz CT molecular complexity index is 430. The smallest absolute Gasteiger partial charge is 0.314 e. The lowest BCUT2D eigenvalue weighted by Gasteiger charge is -2.18. The van der Waals surface area contributed by atoms with Gasteiger partial charge in [0.2, 0.25) is 5.75 Å². The third kappa shape index (κ3) is 1.90. The maximum absolute atomic E-state index is 10.7. The van der Waals surface area contributed by atoms with E-state index in [0.717, 1.165) is 32.0 Å². The van der Waals surface area contributed by atoms with E-state index < -0.39 is 4.92 Å². The fraction of sp³-hybridized carbons (Fsp3) is 0.400. The first kappa shape index (κ1) is 11.0. The van der Waals surface area contributed by atoms with Gasteiger partial charge in [-0.1, -0.05) is 11.6 Å². The average molecular weight is 243 g/mol. The number of nitrogens with zero attached hydrogens (tertiary/aromatic N) is 2. The number of phenolic OH excluding ortho intramolecular Hbond substituents is 1. The van der Waals surface area contributed by atoms with Crippen LogP contribution in [-0.4, -0.2) is 23.1 Å². The van der Waals surface area contributed by atoms with Crippen molar-refractivity contribution in [2.24, 2.45) is 0 Å². The van der Waals surface area contributed by atoms with E-state index in [1.54, 1.807) is 6.07 Å². The third-order valence-electron chi connectivity index (χ3n) is 2.68. The maximum Gasteiger partial charge on any atom is 0.314 e. The van der Waals surface area contributed by atoms with Gasteiger partial charge in [-0.15, -0.1) is 0 Å². The average Bonchev–Trinajstić information content (AvgIpc) is 2.73. The number of halogens is 1. The molecule has 86 valence electrons. The Labute approximate surface area is 97.4 Å². The molecule has 0 amide bonds. The molecule has 0 saturated carbocycles. The lowest BCUT2D eigenvalue weighted by atomic mass is 10.2. The summed E-state index contributed by atoms with van der Waals surface area (Å²) in [6, 6.07) is 2.73. The van der Waals surface area contributed by atoms with E-state index in [9.17, 15) is 15.2 Å². The zero-order valence-corrected chi connectivity index (χ0v) is 9.28. The van der Waals surface area contributed by atoms with Crippen LogP contribution in [0.15, 0.2) is 12.1 Å². The van der Waals surface area contributed by atoms with Crippen LogP contribution in [0.5, 0.6) is 5.75 Å². The summed E-state index contributed by atoms with van der Waals surface area (Å²) >= 11 is 5.80. The summed E-state index contributed by atoms with van der Waals surface area (Å²) in [4.78, 5) is 12.0. The Hall–Kier alpha value is -1.49. The maximum atomic E-state index is 10.7. The van der Waals surface area contributed by atoms with Gasteiger partial charge < -0.3 is 10.0 Å². The van der Waals surface area contributed by atoms with Crippen LogP contribution in [0.1, 0.15) is 12.8 Å². The molecule has 16 heavy (non-hydrogen) atoms. The first-order valence-corrected chi connectivity index (χ1v) is 5.39. The normalized spacial score (nSPS) is 15.4. The number of benzene rings is 1. The largest absolute Gasteiger partial charge is 0.501 e. The molecule has 1 aromatic carbocycles. The summed E-state index contributed by atoms with van der Waals surface area (Å²) in [6.07, 6.45) is 2.06. The van der Waals surface area contributed by atoms with Crippen molar-refractivity contribution in [2.45, 2.75) is 12.8 Å². The molecule has 1 N–H and O–H groups in total. The molecule has 1 aliphatic heterocycles. The monoisotopic (exact) mass is 242 g/mol. The lowest BCUT2D eigenvalue weighted by molar-refractivity contribution is -0.385. The van der Waals surface area contributed by atoms with Gasteiger partial charge in [-0.25, -0.2) is 0 Å². The van der Waals surface area contributed by atoms with Gasteiger partial charge in [-0.3, -0.25) is 10.1 Å². The predicted octanol–water partition coefficient (Wildman–Crippen LogP) is 2.55. The third-order valence-corrected chi connectivity index (χ3v) is 2.90. The summed E-state index contributed by atoms with van der Waals surface area (Å²) in [7, 11) is 0. The molecule has 1 heterocycles. The van der Waals surface area contributed by atoms with Crippen LogP contribution in [-0.2, 0) is 0 Å². The molecule has 0 unspecified atom stereocenters. The highest BCUT2D eigenvalue weighted by Gasteiger charge is 2.23. The lowest BCUT2D eigenvalue weighted by Crippen LogP contribution is -2.17. The van der Waals surface area contributed by atoms with E-state index in [-0.39, 0.29) is 16.5 Å². The van der Waals surface area contributed by atoms with Gasteiger partial charge in [0.1, 0.15) is 0 Å². The zero-order valence-electron chi connectivity index (χ0n) is 8.52. The van der Waals surface area contributed by atoms with Crippen molar-refractivity contribution in [1.29, 1.82) is 0 Å². The van der Waals surface area contributed by atoms with E-state index in [2.05, 4.69) is 0 Å². The predicted molar refractivity (Wildman–Crippen MR) is 61.2 cm³/mol. The van der Waals surface area contributed by atoms with Gasteiger partial charge in [-0.2, -0.15) is 0 Å². The quantitative estimate of drug-likeness (QED) is 0.639. The highest BCUT2D eigenvalue weighted by Crippen LogP contribution is 2.40. The van der Waals surface area contributed by atoms with E-state index in [0.29, 0.717) is 5.69 Å². The molecule has 0 bridgehead atoms. The Morgan fingerprint density at radius 3 is 2.56 bits per heavy atom. The second kappa shape index (κ2) is 4.17. The molecule has 1 aliphatic rings. The van der Waals surface area contributed by atoms with E-state index in [4.69, 9.17) is 11.6 Å². The van der Waals surface area contributed by atoms with Crippen LogP contribution in [0.2, 0.25) is 5.02 Å². The van der Waals surface area contributed by atoms with Crippen LogP contribution in [0.4, 0.5) is 11.4 Å². The van der Waals surface area contributed by atoms with Crippen molar-refractivity contribution in [2.75, 3.05) is 18.0 Å². The number of hydrogen-bond donors (Lipinski definition) is 1. The van der Waals surface area contributed by atoms with Gasteiger partial charge in [0.25, 0.3) is 0 Å². The van der Waals surface area contributed by atoms with Crippen molar-refractivity contribution in [3.05, 3.63) is 27.3 Å². The van der Waals surface area contributed by atoms with Crippen LogP contribution < -0.4 is 4.90 Å². The van der Waals surface area contributed by atoms with Crippen molar-refractivity contribution < 1.29 is 10.0 Å². The molecule has 6 heteroatoms. The highest BCUT2D eigenvalue weighted by atomic mass is 35.5. The first-order chi connectivity index (χ1) is 7.59. The molecule has 0 atom stereocenters. The van der Waals surface area contributed by atoms with Crippen molar-refractivity contribution >= 4 is 23.0 Å². The standard InChI is InChI=1S/C10H11ClN2O3/c11-7-5-8(12-3-1-2-4-12)10(14)9(6-7)13(15)16/h5-6,14H,1-4H2.